The molecule has 0 saturated heterocycles. The molecule has 1 heterocycles. The molecule has 2 nitrogen and oxygen atoms in total. The van der Waals surface area contributed by atoms with E-state index in [0.29, 0.717) is 10.8 Å². The van der Waals surface area contributed by atoms with Crippen LogP contribution in [0.15, 0.2) is 29.4 Å². The van der Waals surface area contributed by atoms with Crippen molar-refractivity contribution in [2.24, 2.45) is 21.7 Å². The average molecular weight is 242 g/mol. The van der Waals surface area contributed by atoms with Crippen molar-refractivity contribution >= 4 is 5.71 Å². The van der Waals surface area contributed by atoms with Crippen molar-refractivity contribution in [2.45, 2.75) is 46.6 Å². The number of hydrogen-bond donors (Lipinski definition) is 0. The molecule has 1 aromatic heterocycles. The Bertz CT molecular complexity index is 475. The fourth-order valence-corrected chi connectivity index (χ4v) is 3.84. The largest absolute Gasteiger partial charge is 0.287 e. The molecule has 0 aromatic carbocycles. The molecule has 2 aliphatic rings. The summed E-state index contributed by atoms with van der Waals surface area (Å²) in [5.41, 5.74) is 3.27. The maximum absolute atomic E-state index is 4.90. The zero-order valence-corrected chi connectivity index (χ0v) is 11.6. The van der Waals surface area contributed by atoms with Gasteiger partial charge in [-0.05, 0) is 42.7 Å². The fraction of sp³-hybridized carbons (Fsp3) is 0.625. The number of aliphatic imine (C=N–C) groups is 1. The highest BCUT2D eigenvalue weighted by Crippen LogP contribution is 2.63. The van der Waals surface area contributed by atoms with E-state index in [-0.39, 0.29) is 0 Å². The Morgan fingerprint density at radius 2 is 2.17 bits per heavy atom. The van der Waals surface area contributed by atoms with Crippen molar-refractivity contribution in [1.82, 2.24) is 4.98 Å². The van der Waals surface area contributed by atoms with Crippen molar-refractivity contribution in [3.63, 3.8) is 0 Å². The summed E-state index contributed by atoms with van der Waals surface area (Å²) in [4.78, 5) is 9.25. The van der Waals surface area contributed by atoms with Crippen LogP contribution in [0.3, 0.4) is 0 Å². The number of nitrogens with zero attached hydrogens (tertiary/aromatic N) is 2. The number of aromatic nitrogens is 1. The summed E-state index contributed by atoms with van der Waals surface area (Å²) in [5.74, 6) is 0.838. The second kappa shape index (κ2) is 3.91. The summed E-state index contributed by atoms with van der Waals surface area (Å²) in [6.45, 7) is 8.01. The number of fused-ring (bicyclic) bond motifs is 2. The lowest BCUT2D eigenvalue weighted by atomic mass is 9.70. The molecule has 2 atom stereocenters. The molecule has 2 heteroatoms. The standard InChI is InChI=1S/C16H22N2/c1-15(2)12-7-8-16(15,3)14(10-12)18-11-13-6-4-5-9-17-13/h4-6,9,12H,7-8,10-11H2,1-3H3/t12-,16?/m1/s1. The molecular formula is C16H22N2. The molecular weight excluding hydrogens is 220 g/mol. The second-order valence-corrected chi connectivity index (χ2v) is 6.58. The van der Waals surface area contributed by atoms with Gasteiger partial charge in [-0.15, -0.1) is 0 Å². The third-order valence-electron chi connectivity index (χ3n) is 5.67. The fourth-order valence-electron chi connectivity index (χ4n) is 3.84. The van der Waals surface area contributed by atoms with E-state index in [9.17, 15) is 0 Å². The quantitative estimate of drug-likeness (QED) is 0.773. The van der Waals surface area contributed by atoms with Crippen LogP contribution in [0.2, 0.25) is 0 Å². The van der Waals surface area contributed by atoms with Gasteiger partial charge in [0, 0.05) is 17.3 Å². The molecule has 1 unspecified atom stereocenters. The molecule has 0 aliphatic heterocycles. The highest BCUT2D eigenvalue weighted by atomic mass is 14.8. The predicted molar refractivity (Wildman–Crippen MR) is 74.6 cm³/mol. The van der Waals surface area contributed by atoms with Gasteiger partial charge in [-0.3, -0.25) is 9.98 Å². The Hall–Kier alpha value is -1.18. The van der Waals surface area contributed by atoms with Gasteiger partial charge in [0.05, 0.1) is 12.2 Å². The van der Waals surface area contributed by atoms with E-state index in [1.807, 2.05) is 18.3 Å². The molecule has 96 valence electrons. The minimum atomic E-state index is 0.326. The van der Waals surface area contributed by atoms with Gasteiger partial charge in [-0.25, -0.2) is 0 Å². The van der Waals surface area contributed by atoms with E-state index in [1.54, 1.807) is 0 Å². The maximum Gasteiger partial charge on any atom is 0.0811 e. The third kappa shape index (κ3) is 1.54. The molecule has 2 aliphatic carbocycles. The van der Waals surface area contributed by atoms with E-state index in [1.165, 1.54) is 25.0 Å². The maximum atomic E-state index is 4.90. The van der Waals surface area contributed by atoms with Crippen LogP contribution < -0.4 is 0 Å². The minimum absolute atomic E-state index is 0.326. The normalized spacial score (nSPS) is 35.3. The molecule has 0 spiro atoms. The van der Waals surface area contributed by atoms with Crippen molar-refractivity contribution in [2.75, 3.05) is 0 Å². The lowest BCUT2D eigenvalue weighted by Gasteiger charge is -2.34. The van der Waals surface area contributed by atoms with E-state index < -0.39 is 0 Å². The molecule has 0 amide bonds. The molecule has 18 heavy (non-hydrogen) atoms. The van der Waals surface area contributed by atoms with Crippen LogP contribution in [-0.4, -0.2) is 10.7 Å². The van der Waals surface area contributed by atoms with Crippen LogP contribution in [0, 0.1) is 16.7 Å². The topological polar surface area (TPSA) is 25.2 Å². The van der Waals surface area contributed by atoms with E-state index in [4.69, 9.17) is 4.99 Å². The second-order valence-electron chi connectivity index (χ2n) is 6.58. The van der Waals surface area contributed by atoms with E-state index in [0.717, 1.165) is 18.2 Å². The monoisotopic (exact) mass is 242 g/mol. The Kier molecular flexibility index (Phi) is 2.58. The van der Waals surface area contributed by atoms with Gasteiger partial charge >= 0.3 is 0 Å². The van der Waals surface area contributed by atoms with Crippen LogP contribution in [0.25, 0.3) is 0 Å². The highest BCUT2D eigenvalue weighted by molar-refractivity contribution is 5.94. The van der Waals surface area contributed by atoms with Gasteiger partial charge in [-0.2, -0.15) is 0 Å². The van der Waals surface area contributed by atoms with Gasteiger partial charge in [0.1, 0.15) is 0 Å². The smallest absolute Gasteiger partial charge is 0.0811 e. The summed E-state index contributed by atoms with van der Waals surface area (Å²) in [6.07, 6.45) is 5.75. The molecule has 2 saturated carbocycles. The molecule has 0 radical (unpaired) electrons. The van der Waals surface area contributed by atoms with Gasteiger partial charge < -0.3 is 0 Å². The van der Waals surface area contributed by atoms with Gasteiger partial charge in [0.2, 0.25) is 0 Å². The van der Waals surface area contributed by atoms with Crippen LogP contribution in [-0.2, 0) is 6.54 Å². The van der Waals surface area contributed by atoms with Crippen LogP contribution >= 0.6 is 0 Å². The average Bonchev–Trinajstić information content (AvgIpc) is 2.70. The van der Waals surface area contributed by atoms with Crippen LogP contribution in [0.4, 0.5) is 0 Å². The highest BCUT2D eigenvalue weighted by Gasteiger charge is 2.59. The summed E-state index contributed by atoms with van der Waals surface area (Å²) >= 11 is 0. The lowest BCUT2D eigenvalue weighted by molar-refractivity contribution is 0.193. The molecule has 2 bridgehead atoms. The van der Waals surface area contributed by atoms with Gasteiger partial charge in [0.25, 0.3) is 0 Å². The Labute approximate surface area is 110 Å². The summed E-state index contributed by atoms with van der Waals surface area (Å²) in [6, 6.07) is 6.05. The van der Waals surface area contributed by atoms with E-state index in [2.05, 4.69) is 31.8 Å². The van der Waals surface area contributed by atoms with Crippen molar-refractivity contribution in [3.05, 3.63) is 30.1 Å². The zero-order chi connectivity index (χ0) is 12.8. The van der Waals surface area contributed by atoms with Crippen molar-refractivity contribution < 1.29 is 0 Å². The zero-order valence-electron chi connectivity index (χ0n) is 11.6. The van der Waals surface area contributed by atoms with Gasteiger partial charge in [-0.1, -0.05) is 26.8 Å². The first kappa shape index (κ1) is 11.9. The van der Waals surface area contributed by atoms with Crippen LogP contribution in [0.5, 0.6) is 0 Å². The SMILES string of the molecule is CC12CC[C@H](CC1=NCc1ccccn1)C2(C)C. The lowest BCUT2D eigenvalue weighted by Crippen LogP contribution is -2.32. The molecule has 1 aromatic rings. The number of hydrogen-bond acceptors (Lipinski definition) is 2. The van der Waals surface area contributed by atoms with Crippen molar-refractivity contribution in [3.8, 4) is 0 Å². The van der Waals surface area contributed by atoms with Crippen LogP contribution in [0.1, 0.15) is 45.7 Å². The summed E-state index contributed by atoms with van der Waals surface area (Å²) in [5, 5.41) is 0. The van der Waals surface area contributed by atoms with Crippen molar-refractivity contribution in [1.29, 1.82) is 0 Å². The predicted octanol–water partition coefficient (Wildman–Crippen LogP) is 3.87. The Morgan fingerprint density at radius 3 is 2.72 bits per heavy atom. The third-order valence-corrected chi connectivity index (χ3v) is 5.67. The molecule has 2 fully saturated rings. The Balaban J connectivity index is 1.83. The Morgan fingerprint density at radius 1 is 1.33 bits per heavy atom. The summed E-state index contributed by atoms with van der Waals surface area (Å²) in [7, 11) is 0. The summed E-state index contributed by atoms with van der Waals surface area (Å²) < 4.78 is 0. The minimum Gasteiger partial charge on any atom is -0.287 e. The van der Waals surface area contributed by atoms with Gasteiger partial charge in [0.15, 0.2) is 0 Å². The molecule has 3 rings (SSSR count). The number of pyridine rings is 1. The number of rotatable bonds is 2. The first-order valence-electron chi connectivity index (χ1n) is 6.98. The first-order valence-corrected chi connectivity index (χ1v) is 6.98. The first-order chi connectivity index (χ1) is 8.54. The molecule has 0 N–H and O–H groups in total. The van der Waals surface area contributed by atoms with E-state index >= 15 is 0 Å².